The van der Waals surface area contributed by atoms with Crippen LogP contribution in [0, 0.1) is 5.92 Å². The predicted molar refractivity (Wildman–Crippen MR) is 93.8 cm³/mol. The quantitative estimate of drug-likeness (QED) is 0.886. The van der Waals surface area contributed by atoms with Crippen molar-refractivity contribution in [3.05, 3.63) is 18.2 Å². The Labute approximate surface area is 145 Å². The molecule has 2 atom stereocenters. The van der Waals surface area contributed by atoms with Crippen LogP contribution in [0.5, 0.6) is 0 Å². The van der Waals surface area contributed by atoms with Crippen molar-refractivity contribution in [3.63, 3.8) is 0 Å². The summed E-state index contributed by atoms with van der Waals surface area (Å²) in [5.41, 5.74) is 5.71. The van der Waals surface area contributed by atoms with Crippen LogP contribution >= 0.6 is 24.8 Å². The number of aryl methyl sites for hydroxylation is 1. The largest absolute Gasteiger partial charge is 0.340 e. The lowest BCUT2D eigenvalue weighted by Crippen LogP contribution is -2.35. The summed E-state index contributed by atoms with van der Waals surface area (Å²) >= 11 is 0. The molecule has 0 aromatic carbocycles. The highest BCUT2D eigenvalue weighted by Crippen LogP contribution is 2.23. The predicted octanol–water partition coefficient (Wildman–Crippen LogP) is 2.44. The lowest BCUT2D eigenvalue weighted by Gasteiger charge is -2.22. The first-order valence-corrected chi connectivity index (χ1v) is 7.53. The fourth-order valence-corrected chi connectivity index (χ4v) is 3.03. The first-order valence-electron chi connectivity index (χ1n) is 7.53. The number of hydrogen-bond acceptors (Lipinski definition) is 3. The maximum atomic E-state index is 12.3. The van der Waals surface area contributed by atoms with Crippen LogP contribution in [0.15, 0.2) is 12.4 Å². The number of nitrogens with two attached hydrogens (primary N) is 1. The van der Waals surface area contributed by atoms with Gasteiger partial charge in [0.15, 0.2) is 0 Å². The molecule has 0 spiro atoms. The molecular weight excluding hydrogens is 323 g/mol. The van der Waals surface area contributed by atoms with Crippen molar-refractivity contribution in [3.8, 4) is 0 Å². The molecular formula is C15H28Cl2N4O. The number of amides is 1. The van der Waals surface area contributed by atoms with Crippen LogP contribution in [0.25, 0.3) is 0 Å². The Bertz CT molecular complexity index is 464. The Morgan fingerprint density at radius 1 is 1.45 bits per heavy atom. The number of aromatic nitrogens is 2. The topological polar surface area (TPSA) is 64.2 Å². The molecule has 2 unspecified atom stereocenters. The SMILES string of the molecule is CC(C)c1nccn1CCC(=O)N1CC(CN)CC1C.Cl.Cl. The summed E-state index contributed by atoms with van der Waals surface area (Å²) in [6, 6.07) is 0.323. The van der Waals surface area contributed by atoms with Gasteiger partial charge in [-0.2, -0.15) is 0 Å². The second-order valence-corrected chi connectivity index (χ2v) is 6.12. The standard InChI is InChI=1S/C15H26N4O.2ClH/c1-11(2)15-17-5-7-18(15)6-4-14(20)19-10-13(9-16)8-12(19)3;;/h5,7,11-13H,4,6,8-10,16H2,1-3H3;2*1H. The molecule has 0 bridgehead atoms. The molecule has 1 saturated heterocycles. The number of hydrogen-bond donors (Lipinski definition) is 1. The molecule has 0 radical (unpaired) electrons. The first kappa shape index (κ1) is 21.2. The van der Waals surface area contributed by atoms with Gasteiger partial charge in [0, 0.05) is 43.9 Å². The van der Waals surface area contributed by atoms with Gasteiger partial charge in [0.25, 0.3) is 0 Å². The van der Waals surface area contributed by atoms with E-state index in [1.807, 2.05) is 17.3 Å². The Kier molecular flexibility index (Phi) is 9.05. The normalized spacial score (nSPS) is 20.7. The van der Waals surface area contributed by atoms with E-state index in [1.165, 1.54) is 0 Å². The summed E-state index contributed by atoms with van der Waals surface area (Å²) in [4.78, 5) is 18.7. The molecule has 0 saturated carbocycles. The van der Waals surface area contributed by atoms with E-state index in [9.17, 15) is 4.79 Å². The van der Waals surface area contributed by atoms with Crippen LogP contribution in [0.3, 0.4) is 0 Å². The van der Waals surface area contributed by atoms with Crippen molar-refractivity contribution < 1.29 is 4.79 Å². The highest BCUT2D eigenvalue weighted by molar-refractivity contribution is 5.85. The smallest absolute Gasteiger partial charge is 0.224 e. The number of likely N-dealkylation sites (tertiary alicyclic amines) is 1. The molecule has 1 amide bonds. The molecule has 1 aliphatic rings. The average Bonchev–Trinajstić information content (AvgIpc) is 3.02. The lowest BCUT2D eigenvalue weighted by atomic mass is 10.1. The number of rotatable bonds is 5. The summed E-state index contributed by atoms with van der Waals surface area (Å²) in [5, 5.41) is 0. The fraction of sp³-hybridized carbons (Fsp3) is 0.733. The van der Waals surface area contributed by atoms with Crippen molar-refractivity contribution in [1.82, 2.24) is 14.5 Å². The van der Waals surface area contributed by atoms with E-state index < -0.39 is 0 Å². The van der Waals surface area contributed by atoms with Gasteiger partial charge in [-0.3, -0.25) is 4.79 Å². The van der Waals surface area contributed by atoms with Crippen LogP contribution in [0.4, 0.5) is 0 Å². The molecule has 1 aromatic heterocycles. The van der Waals surface area contributed by atoms with Crippen molar-refractivity contribution in [1.29, 1.82) is 0 Å². The molecule has 22 heavy (non-hydrogen) atoms. The minimum absolute atomic E-state index is 0. The van der Waals surface area contributed by atoms with Crippen LogP contribution in [-0.4, -0.2) is 39.5 Å². The van der Waals surface area contributed by atoms with Crippen molar-refractivity contribution in [2.75, 3.05) is 13.1 Å². The van der Waals surface area contributed by atoms with Gasteiger partial charge in [0.1, 0.15) is 5.82 Å². The fourth-order valence-electron chi connectivity index (χ4n) is 3.03. The zero-order valence-electron chi connectivity index (χ0n) is 13.6. The maximum absolute atomic E-state index is 12.3. The van der Waals surface area contributed by atoms with E-state index in [4.69, 9.17) is 5.73 Å². The third-order valence-corrected chi connectivity index (χ3v) is 4.15. The number of carbonyl (C=O) groups excluding carboxylic acids is 1. The van der Waals surface area contributed by atoms with Gasteiger partial charge in [-0.25, -0.2) is 4.98 Å². The van der Waals surface area contributed by atoms with Gasteiger partial charge < -0.3 is 15.2 Å². The molecule has 1 fully saturated rings. The third kappa shape index (κ3) is 4.86. The molecule has 2 rings (SSSR count). The second kappa shape index (κ2) is 9.38. The van der Waals surface area contributed by atoms with Gasteiger partial charge >= 0.3 is 0 Å². The third-order valence-electron chi connectivity index (χ3n) is 4.15. The van der Waals surface area contributed by atoms with Crippen LogP contribution in [0.2, 0.25) is 0 Å². The van der Waals surface area contributed by atoms with Crippen LogP contribution in [-0.2, 0) is 11.3 Å². The molecule has 128 valence electrons. The van der Waals surface area contributed by atoms with Gasteiger partial charge in [-0.05, 0) is 25.8 Å². The average molecular weight is 351 g/mol. The van der Waals surface area contributed by atoms with Crippen molar-refractivity contribution in [2.24, 2.45) is 11.7 Å². The maximum Gasteiger partial charge on any atom is 0.224 e. The second-order valence-electron chi connectivity index (χ2n) is 6.12. The van der Waals surface area contributed by atoms with E-state index in [1.54, 1.807) is 0 Å². The van der Waals surface area contributed by atoms with E-state index in [0.29, 0.717) is 37.4 Å². The lowest BCUT2D eigenvalue weighted by molar-refractivity contribution is -0.132. The van der Waals surface area contributed by atoms with Gasteiger partial charge in [0.2, 0.25) is 5.91 Å². The Morgan fingerprint density at radius 3 is 2.68 bits per heavy atom. The van der Waals surface area contributed by atoms with Gasteiger partial charge in [-0.1, -0.05) is 13.8 Å². The molecule has 1 aliphatic heterocycles. The molecule has 7 heteroatoms. The van der Waals surface area contributed by atoms with Gasteiger partial charge in [-0.15, -0.1) is 24.8 Å². The molecule has 2 N–H and O–H groups in total. The number of imidazole rings is 1. The van der Waals surface area contributed by atoms with E-state index in [-0.39, 0.29) is 30.7 Å². The summed E-state index contributed by atoms with van der Waals surface area (Å²) in [7, 11) is 0. The molecule has 0 aliphatic carbocycles. The summed E-state index contributed by atoms with van der Waals surface area (Å²) in [5.74, 6) is 2.13. The molecule has 2 heterocycles. The summed E-state index contributed by atoms with van der Waals surface area (Å²) in [6.45, 7) is 8.56. The monoisotopic (exact) mass is 350 g/mol. The zero-order valence-corrected chi connectivity index (χ0v) is 15.2. The molecule has 5 nitrogen and oxygen atoms in total. The van der Waals surface area contributed by atoms with Crippen molar-refractivity contribution >= 4 is 30.7 Å². The minimum Gasteiger partial charge on any atom is -0.340 e. The van der Waals surface area contributed by atoms with Crippen molar-refractivity contribution in [2.45, 2.75) is 52.1 Å². The van der Waals surface area contributed by atoms with Gasteiger partial charge in [0.05, 0.1) is 0 Å². The number of nitrogens with zero attached hydrogens (tertiary/aromatic N) is 3. The minimum atomic E-state index is 0. The summed E-state index contributed by atoms with van der Waals surface area (Å²) in [6.07, 6.45) is 5.34. The van der Waals surface area contributed by atoms with E-state index in [2.05, 4.69) is 30.3 Å². The van der Waals surface area contributed by atoms with E-state index >= 15 is 0 Å². The first-order chi connectivity index (χ1) is 9.52. The van der Waals surface area contributed by atoms with E-state index in [0.717, 1.165) is 18.8 Å². The van der Waals surface area contributed by atoms with Crippen LogP contribution < -0.4 is 5.73 Å². The highest BCUT2D eigenvalue weighted by atomic mass is 35.5. The molecule has 1 aromatic rings. The summed E-state index contributed by atoms with van der Waals surface area (Å²) < 4.78 is 2.09. The van der Waals surface area contributed by atoms with Crippen LogP contribution in [0.1, 0.15) is 45.4 Å². The zero-order chi connectivity index (χ0) is 14.7. The number of carbonyl (C=O) groups is 1. The highest BCUT2D eigenvalue weighted by Gasteiger charge is 2.31. The Morgan fingerprint density at radius 2 is 2.14 bits per heavy atom. The number of halogens is 2. The Balaban J connectivity index is 0.00000220. The Hall–Kier alpha value is -0.780.